The van der Waals surface area contributed by atoms with Crippen LogP contribution in [0.25, 0.3) is 0 Å². The van der Waals surface area contributed by atoms with Crippen molar-refractivity contribution in [3.8, 4) is 6.07 Å². The third-order valence-electron chi connectivity index (χ3n) is 5.37. The number of rotatable bonds is 6. The Morgan fingerprint density at radius 3 is 2.27 bits per heavy atom. The van der Waals surface area contributed by atoms with Gasteiger partial charge in [-0.1, -0.05) is 26.7 Å². The number of carbonyl (C=O) groups excluding carboxylic acids is 4. The number of nitrogens with zero attached hydrogens (tertiary/aromatic N) is 2. The third-order valence-corrected chi connectivity index (χ3v) is 5.37. The molecule has 0 unspecified atom stereocenters. The van der Waals surface area contributed by atoms with E-state index in [2.05, 4.69) is 5.32 Å². The summed E-state index contributed by atoms with van der Waals surface area (Å²) < 4.78 is 4.88. The maximum atomic E-state index is 12.3. The molecule has 0 spiro atoms. The van der Waals surface area contributed by atoms with Crippen molar-refractivity contribution in [1.82, 2.24) is 10.2 Å². The van der Waals surface area contributed by atoms with E-state index in [4.69, 9.17) is 4.74 Å². The lowest BCUT2D eigenvalue weighted by molar-refractivity contribution is -0.155. The van der Waals surface area contributed by atoms with E-state index in [0.717, 1.165) is 17.7 Å². The predicted molar refractivity (Wildman–Crippen MR) is 90.1 cm³/mol. The van der Waals surface area contributed by atoms with E-state index in [-0.39, 0.29) is 29.6 Å². The van der Waals surface area contributed by atoms with Gasteiger partial charge in [0.1, 0.15) is 12.1 Å². The molecule has 1 saturated carbocycles. The van der Waals surface area contributed by atoms with Gasteiger partial charge in [0, 0.05) is 0 Å². The third kappa shape index (κ3) is 4.03. The molecule has 142 valence electrons. The van der Waals surface area contributed by atoms with Crippen LogP contribution >= 0.6 is 0 Å². The first-order valence-corrected chi connectivity index (χ1v) is 8.92. The summed E-state index contributed by atoms with van der Waals surface area (Å²) in [6.45, 7) is 4.13. The molecule has 1 N–H and O–H groups in total. The Bertz CT molecular complexity index is 630. The number of nitrogens with one attached hydrogen (secondary N) is 1. The lowest BCUT2D eigenvalue weighted by Gasteiger charge is -2.27. The van der Waals surface area contributed by atoms with Crippen LogP contribution in [0.5, 0.6) is 0 Å². The SMILES string of the molecule is CC(C)[C@@](C)(C#N)NC(=O)COC(=O)CN1C(=O)[C@H]2CCCC[C@H]2C1=O. The monoisotopic (exact) mass is 363 g/mol. The van der Waals surface area contributed by atoms with Crippen molar-refractivity contribution in [2.75, 3.05) is 13.2 Å². The summed E-state index contributed by atoms with van der Waals surface area (Å²) in [5, 5.41) is 11.7. The van der Waals surface area contributed by atoms with Gasteiger partial charge in [-0.05, 0) is 25.7 Å². The Balaban J connectivity index is 1.85. The Morgan fingerprint density at radius 1 is 1.27 bits per heavy atom. The minimum absolute atomic E-state index is 0.129. The van der Waals surface area contributed by atoms with Crippen molar-refractivity contribution < 1.29 is 23.9 Å². The topological polar surface area (TPSA) is 117 Å². The maximum Gasteiger partial charge on any atom is 0.326 e. The van der Waals surface area contributed by atoms with Gasteiger partial charge in [0.05, 0.1) is 17.9 Å². The molecule has 3 atom stereocenters. The molecule has 0 aromatic rings. The van der Waals surface area contributed by atoms with Crippen molar-refractivity contribution in [3.63, 3.8) is 0 Å². The van der Waals surface area contributed by atoms with Crippen LogP contribution in [0.1, 0.15) is 46.5 Å². The number of nitriles is 1. The van der Waals surface area contributed by atoms with E-state index in [1.165, 1.54) is 0 Å². The van der Waals surface area contributed by atoms with E-state index in [1.54, 1.807) is 20.8 Å². The van der Waals surface area contributed by atoms with Gasteiger partial charge in [-0.25, -0.2) is 0 Å². The van der Waals surface area contributed by atoms with Gasteiger partial charge < -0.3 is 10.1 Å². The lowest BCUT2D eigenvalue weighted by atomic mass is 9.81. The number of likely N-dealkylation sites (tertiary alicyclic amines) is 1. The van der Waals surface area contributed by atoms with Crippen LogP contribution < -0.4 is 5.32 Å². The van der Waals surface area contributed by atoms with Crippen LogP contribution in [0.15, 0.2) is 0 Å². The van der Waals surface area contributed by atoms with Gasteiger partial charge in [0.2, 0.25) is 11.8 Å². The van der Waals surface area contributed by atoms with Crippen molar-refractivity contribution in [2.24, 2.45) is 17.8 Å². The summed E-state index contributed by atoms with van der Waals surface area (Å²) in [5.74, 6) is -2.84. The lowest BCUT2D eigenvalue weighted by Crippen LogP contribution is -2.50. The van der Waals surface area contributed by atoms with Crippen molar-refractivity contribution in [2.45, 2.75) is 52.0 Å². The van der Waals surface area contributed by atoms with Gasteiger partial charge in [-0.2, -0.15) is 5.26 Å². The molecule has 1 heterocycles. The fourth-order valence-electron chi connectivity index (χ4n) is 3.33. The number of carbonyl (C=O) groups is 4. The minimum atomic E-state index is -1.07. The molecular weight excluding hydrogens is 338 g/mol. The average Bonchev–Trinajstić information content (AvgIpc) is 2.85. The van der Waals surface area contributed by atoms with E-state index < -0.39 is 30.6 Å². The molecule has 0 aromatic carbocycles. The molecule has 3 amide bonds. The van der Waals surface area contributed by atoms with Gasteiger partial charge in [-0.3, -0.25) is 24.1 Å². The standard InChI is InChI=1S/C18H25N3O5/c1-11(2)18(3,10-19)20-14(22)9-26-15(23)8-21-16(24)12-6-4-5-7-13(12)17(21)25/h11-13H,4-9H2,1-3H3,(H,20,22)/t12-,13+,18-/m1/s1. The summed E-state index contributed by atoms with van der Waals surface area (Å²) in [4.78, 5) is 49.4. The number of hydrogen-bond acceptors (Lipinski definition) is 6. The molecule has 1 aliphatic carbocycles. The molecular formula is C18H25N3O5. The van der Waals surface area contributed by atoms with Crippen molar-refractivity contribution >= 4 is 23.7 Å². The smallest absolute Gasteiger partial charge is 0.326 e. The molecule has 0 bridgehead atoms. The molecule has 0 aromatic heterocycles. The molecule has 2 rings (SSSR count). The highest BCUT2D eigenvalue weighted by Crippen LogP contribution is 2.37. The largest absolute Gasteiger partial charge is 0.454 e. The number of fused-ring (bicyclic) bond motifs is 1. The number of hydrogen-bond donors (Lipinski definition) is 1. The number of ether oxygens (including phenoxy) is 1. The van der Waals surface area contributed by atoms with Crippen molar-refractivity contribution in [1.29, 1.82) is 5.26 Å². The zero-order valence-corrected chi connectivity index (χ0v) is 15.4. The molecule has 1 aliphatic heterocycles. The summed E-state index contributed by atoms with van der Waals surface area (Å²) >= 11 is 0. The molecule has 1 saturated heterocycles. The second-order valence-corrected chi connectivity index (χ2v) is 7.44. The van der Waals surface area contributed by atoms with Crippen molar-refractivity contribution in [3.05, 3.63) is 0 Å². The summed E-state index contributed by atoms with van der Waals surface area (Å²) in [6, 6.07) is 2.03. The molecule has 8 heteroatoms. The van der Waals surface area contributed by atoms with Gasteiger partial charge in [0.25, 0.3) is 5.91 Å². The highest BCUT2D eigenvalue weighted by Gasteiger charge is 2.48. The second kappa shape index (κ2) is 7.85. The normalized spacial score (nSPS) is 24.7. The molecule has 2 aliphatic rings. The highest BCUT2D eigenvalue weighted by molar-refractivity contribution is 6.07. The Morgan fingerprint density at radius 2 is 1.81 bits per heavy atom. The number of imide groups is 1. The molecule has 26 heavy (non-hydrogen) atoms. The van der Waals surface area contributed by atoms with Crippen LogP contribution in [0.3, 0.4) is 0 Å². The molecule has 8 nitrogen and oxygen atoms in total. The van der Waals surface area contributed by atoms with Crippen LogP contribution in [0.4, 0.5) is 0 Å². The zero-order valence-electron chi connectivity index (χ0n) is 15.4. The number of amides is 3. The van der Waals surface area contributed by atoms with Gasteiger partial charge in [-0.15, -0.1) is 0 Å². The average molecular weight is 363 g/mol. The highest BCUT2D eigenvalue weighted by atomic mass is 16.5. The van der Waals surface area contributed by atoms with E-state index in [0.29, 0.717) is 12.8 Å². The van der Waals surface area contributed by atoms with Gasteiger partial charge >= 0.3 is 5.97 Å². The quantitative estimate of drug-likeness (QED) is 0.550. The second-order valence-electron chi connectivity index (χ2n) is 7.44. The zero-order chi connectivity index (χ0) is 19.5. The van der Waals surface area contributed by atoms with E-state index in [9.17, 15) is 24.4 Å². The minimum Gasteiger partial charge on any atom is -0.454 e. The number of esters is 1. The Kier molecular flexibility index (Phi) is 6.01. The first kappa shape index (κ1) is 19.9. The van der Waals surface area contributed by atoms with Crippen LogP contribution in [-0.4, -0.2) is 47.3 Å². The summed E-state index contributed by atoms with van der Waals surface area (Å²) in [7, 11) is 0. The van der Waals surface area contributed by atoms with Crippen LogP contribution in [-0.2, 0) is 23.9 Å². The fourth-order valence-corrected chi connectivity index (χ4v) is 3.33. The van der Waals surface area contributed by atoms with Gasteiger partial charge in [0.15, 0.2) is 6.61 Å². The van der Waals surface area contributed by atoms with E-state index in [1.807, 2.05) is 6.07 Å². The van der Waals surface area contributed by atoms with Crippen LogP contribution in [0, 0.1) is 29.1 Å². The van der Waals surface area contributed by atoms with E-state index >= 15 is 0 Å². The fraction of sp³-hybridized carbons (Fsp3) is 0.722. The predicted octanol–water partition coefficient (Wildman–Crippen LogP) is 0.759. The Labute approximate surface area is 152 Å². The van der Waals surface area contributed by atoms with Crippen LogP contribution in [0.2, 0.25) is 0 Å². The first-order chi connectivity index (χ1) is 12.2. The molecule has 0 radical (unpaired) electrons. The summed E-state index contributed by atoms with van der Waals surface area (Å²) in [6.07, 6.45) is 3.16. The summed E-state index contributed by atoms with van der Waals surface area (Å²) in [5.41, 5.74) is -1.07. The first-order valence-electron chi connectivity index (χ1n) is 8.92. The Hall–Kier alpha value is -2.43. The molecule has 2 fully saturated rings. The maximum absolute atomic E-state index is 12.3.